The lowest BCUT2D eigenvalue weighted by Crippen LogP contribution is -3.09. The Hall–Kier alpha value is -3.13. The average molecular weight is 384 g/mol. The number of quaternary nitrogens is 1. The summed E-state index contributed by atoms with van der Waals surface area (Å²) in [5, 5.41) is 14.4. The van der Waals surface area contributed by atoms with E-state index in [1.807, 2.05) is 18.2 Å². The van der Waals surface area contributed by atoms with E-state index in [0.29, 0.717) is 24.7 Å². The van der Waals surface area contributed by atoms with Crippen LogP contribution in [0.5, 0.6) is 11.5 Å². The van der Waals surface area contributed by atoms with Gasteiger partial charge in [0.25, 0.3) is 11.6 Å². The number of carbonyl (C=O) groups is 1. The Morgan fingerprint density at radius 1 is 1.18 bits per heavy atom. The SMILES string of the molecule is O=C(N[C@H]1CC[NH+](Cc2ccccc2)C1)c1cc2c(cc1[N+](=O)[O-])OCCO2. The number of amides is 1. The molecular formula is C20H22N3O5+. The van der Waals surface area contributed by atoms with Crippen molar-refractivity contribution >= 4 is 11.6 Å². The van der Waals surface area contributed by atoms with Gasteiger partial charge in [-0.25, -0.2) is 0 Å². The van der Waals surface area contributed by atoms with Crippen LogP contribution in [-0.2, 0) is 6.54 Å². The van der Waals surface area contributed by atoms with Crippen LogP contribution in [0, 0.1) is 10.1 Å². The third kappa shape index (κ3) is 3.91. The summed E-state index contributed by atoms with van der Waals surface area (Å²) in [5.41, 5.74) is 0.992. The molecule has 1 amide bonds. The van der Waals surface area contributed by atoms with Crippen LogP contribution in [0.3, 0.4) is 0 Å². The highest BCUT2D eigenvalue weighted by Gasteiger charge is 2.31. The van der Waals surface area contributed by atoms with Crippen molar-refractivity contribution in [3.8, 4) is 11.5 Å². The van der Waals surface area contributed by atoms with Gasteiger partial charge in [0.05, 0.1) is 30.1 Å². The van der Waals surface area contributed by atoms with Crippen LogP contribution in [0.25, 0.3) is 0 Å². The molecule has 0 aromatic heterocycles. The Kier molecular flexibility index (Phi) is 5.12. The van der Waals surface area contributed by atoms with Crippen LogP contribution in [0.1, 0.15) is 22.3 Å². The van der Waals surface area contributed by atoms with E-state index < -0.39 is 10.8 Å². The van der Waals surface area contributed by atoms with Crippen LogP contribution in [0.2, 0.25) is 0 Å². The first kappa shape index (κ1) is 18.2. The lowest BCUT2D eigenvalue weighted by molar-refractivity contribution is -0.901. The topological polar surface area (TPSA) is 95.1 Å². The first-order valence-electron chi connectivity index (χ1n) is 9.36. The smallest absolute Gasteiger partial charge is 0.286 e. The van der Waals surface area contributed by atoms with Gasteiger partial charge in [-0.2, -0.15) is 0 Å². The third-order valence-electron chi connectivity index (χ3n) is 5.12. The highest BCUT2D eigenvalue weighted by atomic mass is 16.6. The van der Waals surface area contributed by atoms with Crippen LogP contribution >= 0.6 is 0 Å². The summed E-state index contributed by atoms with van der Waals surface area (Å²) in [5.74, 6) is 0.216. The summed E-state index contributed by atoms with van der Waals surface area (Å²) >= 11 is 0. The number of nitro benzene ring substituents is 1. The fourth-order valence-corrected chi connectivity index (χ4v) is 3.77. The highest BCUT2D eigenvalue weighted by Crippen LogP contribution is 2.36. The highest BCUT2D eigenvalue weighted by molar-refractivity contribution is 5.99. The second kappa shape index (κ2) is 7.85. The molecule has 2 aliphatic rings. The largest absolute Gasteiger partial charge is 0.486 e. The quantitative estimate of drug-likeness (QED) is 0.591. The zero-order chi connectivity index (χ0) is 19.5. The fourth-order valence-electron chi connectivity index (χ4n) is 3.77. The molecule has 0 aliphatic carbocycles. The minimum atomic E-state index is -0.561. The first-order chi connectivity index (χ1) is 13.6. The number of likely N-dealkylation sites (tertiary alicyclic amines) is 1. The van der Waals surface area contributed by atoms with E-state index in [1.54, 1.807) is 0 Å². The molecule has 2 heterocycles. The van der Waals surface area contributed by atoms with Crippen LogP contribution in [0.15, 0.2) is 42.5 Å². The molecule has 28 heavy (non-hydrogen) atoms. The van der Waals surface area contributed by atoms with Gasteiger partial charge in [-0.1, -0.05) is 30.3 Å². The third-order valence-corrected chi connectivity index (χ3v) is 5.12. The van der Waals surface area contributed by atoms with E-state index in [-0.39, 0.29) is 17.3 Å². The number of hydrogen-bond donors (Lipinski definition) is 2. The molecule has 146 valence electrons. The zero-order valence-electron chi connectivity index (χ0n) is 15.3. The van der Waals surface area contributed by atoms with Crippen molar-refractivity contribution in [2.45, 2.75) is 19.0 Å². The summed E-state index contributed by atoms with van der Waals surface area (Å²) in [6, 6.07) is 12.9. The molecule has 0 spiro atoms. The zero-order valence-corrected chi connectivity index (χ0v) is 15.3. The number of carbonyl (C=O) groups excluding carboxylic acids is 1. The predicted octanol–water partition coefficient (Wildman–Crippen LogP) is 0.953. The summed E-state index contributed by atoms with van der Waals surface area (Å²) < 4.78 is 10.9. The van der Waals surface area contributed by atoms with E-state index in [1.165, 1.54) is 22.6 Å². The Morgan fingerprint density at radius 3 is 2.61 bits per heavy atom. The molecule has 2 aromatic carbocycles. The van der Waals surface area contributed by atoms with Crippen molar-refractivity contribution in [3.05, 3.63) is 63.7 Å². The van der Waals surface area contributed by atoms with Crippen molar-refractivity contribution in [2.75, 3.05) is 26.3 Å². The van der Waals surface area contributed by atoms with Crippen molar-refractivity contribution in [1.29, 1.82) is 0 Å². The van der Waals surface area contributed by atoms with Gasteiger partial charge in [0, 0.05) is 18.1 Å². The molecule has 1 fully saturated rings. The van der Waals surface area contributed by atoms with Gasteiger partial charge in [-0.3, -0.25) is 14.9 Å². The molecule has 8 heteroatoms. The minimum absolute atomic E-state index is 0.00533. The van der Waals surface area contributed by atoms with E-state index in [4.69, 9.17) is 9.47 Å². The Balaban J connectivity index is 1.44. The van der Waals surface area contributed by atoms with E-state index in [2.05, 4.69) is 17.4 Å². The van der Waals surface area contributed by atoms with Crippen LogP contribution in [0.4, 0.5) is 5.69 Å². The summed E-state index contributed by atoms with van der Waals surface area (Å²) in [6.07, 6.45) is 0.840. The minimum Gasteiger partial charge on any atom is -0.486 e. The van der Waals surface area contributed by atoms with Crippen molar-refractivity contribution in [2.24, 2.45) is 0 Å². The van der Waals surface area contributed by atoms with Gasteiger partial charge in [-0.05, 0) is 0 Å². The standard InChI is InChI=1S/C20H21N3O5/c24-20(16-10-18-19(28-9-8-27-18)11-17(16)23(25)26)21-15-6-7-22(13-15)12-14-4-2-1-3-5-14/h1-5,10-11,15H,6-9,12-13H2,(H,21,24)/p+1/t15-/m0/s1. The number of ether oxygens (including phenoxy) is 2. The summed E-state index contributed by atoms with van der Waals surface area (Å²) in [6.45, 7) is 3.32. The van der Waals surface area contributed by atoms with E-state index >= 15 is 0 Å². The lowest BCUT2D eigenvalue weighted by Gasteiger charge is -2.19. The van der Waals surface area contributed by atoms with E-state index in [0.717, 1.165) is 26.1 Å². The Bertz CT molecular complexity index is 887. The van der Waals surface area contributed by atoms with Gasteiger partial charge >= 0.3 is 0 Å². The molecule has 0 saturated carbocycles. The molecule has 2 N–H and O–H groups in total. The molecule has 2 atom stereocenters. The molecule has 0 bridgehead atoms. The summed E-state index contributed by atoms with van der Waals surface area (Å²) in [7, 11) is 0. The maximum absolute atomic E-state index is 12.8. The van der Waals surface area contributed by atoms with Crippen LogP contribution in [-0.4, -0.2) is 43.2 Å². The molecule has 1 saturated heterocycles. The first-order valence-corrected chi connectivity index (χ1v) is 9.36. The number of rotatable bonds is 5. The molecule has 4 rings (SSSR count). The molecule has 1 unspecified atom stereocenters. The van der Waals surface area contributed by atoms with Gasteiger partial charge in [-0.15, -0.1) is 0 Å². The Labute approximate surface area is 162 Å². The lowest BCUT2D eigenvalue weighted by atomic mass is 10.1. The number of hydrogen-bond acceptors (Lipinski definition) is 5. The molecular weight excluding hydrogens is 362 g/mol. The van der Waals surface area contributed by atoms with Crippen molar-refractivity contribution in [3.63, 3.8) is 0 Å². The normalized spacial score (nSPS) is 20.6. The fraction of sp³-hybridized carbons (Fsp3) is 0.350. The van der Waals surface area contributed by atoms with Gasteiger partial charge in [0.15, 0.2) is 11.5 Å². The maximum Gasteiger partial charge on any atom is 0.286 e. The van der Waals surface area contributed by atoms with Gasteiger partial charge < -0.3 is 19.7 Å². The molecule has 0 radical (unpaired) electrons. The summed E-state index contributed by atoms with van der Waals surface area (Å²) in [4.78, 5) is 25.0. The second-order valence-electron chi connectivity index (χ2n) is 7.10. The van der Waals surface area contributed by atoms with Crippen molar-refractivity contribution < 1.29 is 24.1 Å². The van der Waals surface area contributed by atoms with Crippen LogP contribution < -0.4 is 19.7 Å². The second-order valence-corrected chi connectivity index (χ2v) is 7.10. The molecule has 8 nitrogen and oxygen atoms in total. The number of fused-ring (bicyclic) bond motifs is 1. The molecule has 2 aromatic rings. The number of nitrogens with zero attached hydrogens (tertiary/aromatic N) is 1. The monoisotopic (exact) mass is 384 g/mol. The maximum atomic E-state index is 12.8. The Morgan fingerprint density at radius 2 is 1.89 bits per heavy atom. The van der Waals surface area contributed by atoms with E-state index in [9.17, 15) is 14.9 Å². The van der Waals surface area contributed by atoms with Crippen molar-refractivity contribution in [1.82, 2.24) is 5.32 Å². The number of nitrogens with one attached hydrogen (secondary N) is 2. The predicted molar refractivity (Wildman–Crippen MR) is 101 cm³/mol. The van der Waals surface area contributed by atoms with Gasteiger partial charge in [0.1, 0.15) is 25.3 Å². The average Bonchev–Trinajstić information content (AvgIpc) is 3.14. The van der Waals surface area contributed by atoms with Gasteiger partial charge in [0.2, 0.25) is 0 Å². The number of nitro groups is 1. The number of benzene rings is 2. The molecule has 2 aliphatic heterocycles.